The number of amides is 1. The number of hydrogen-bond donors (Lipinski definition) is 2. The van der Waals surface area contributed by atoms with Crippen LogP contribution in [0.1, 0.15) is 17.9 Å². The van der Waals surface area contributed by atoms with Gasteiger partial charge in [0.1, 0.15) is 5.82 Å². The number of carboxylic acids is 1. The fourth-order valence-electron chi connectivity index (χ4n) is 2.47. The number of carboxylic acid groups (broad SMARTS) is 2. The summed E-state index contributed by atoms with van der Waals surface area (Å²) in [6.45, 7) is 0.335. The third kappa shape index (κ3) is 2.83. The van der Waals surface area contributed by atoms with Crippen LogP contribution in [0.4, 0.5) is 9.18 Å². The molecule has 1 aliphatic rings. The largest absolute Gasteiger partial charge is 0.481 e. The molecule has 6 heteroatoms. The first-order chi connectivity index (χ1) is 8.99. The van der Waals surface area contributed by atoms with Gasteiger partial charge in [0.2, 0.25) is 0 Å². The molecule has 0 aromatic heterocycles. The van der Waals surface area contributed by atoms with Crippen molar-refractivity contribution in [3.8, 4) is 0 Å². The Kier molecular flexibility index (Phi) is 3.69. The number of piperidine rings is 1. The molecule has 2 rings (SSSR count). The van der Waals surface area contributed by atoms with E-state index in [0.29, 0.717) is 5.56 Å². The maximum Gasteiger partial charge on any atom is 0.407 e. The van der Waals surface area contributed by atoms with E-state index in [-0.39, 0.29) is 19.5 Å². The maximum absolute atomic E-state index is 12.9. The summed E-state index contributed by atoms with van der Waals surface area (Å²) in [5.41, 5.74) is 0.653. The highest BCUT2D eigenvalue weighted by molar-refractivity contribution is 5.73. The molecule has 2 unspecified atom stereocenters. The van der Waals surface area contributed by atoms with Gasteiger partial charge >= 0.3 is 12.1 Å². The summed E-state index contributed by atoms with van der Waals surface area (Å²) in [7, 11) is 0. The van der Waals surface area contributed by atoms with Crippen LogP contribution in [0.3, 0.4) is 0 Å². The van der Waals surface area contributed by atoms with E-state index in [1.807, 2.05) is 0 Å². The van der Waals surface area contributed by atoms with E-state index in [0.717, 1.165) is 0 Å². The number of benzene rings is 1. The lowest BCUT2D eigenvalue weighted by Gasteiger charge is -2.35. The second kappa shape index (κ2) is 5.26. The Bertz CT molecular complexity index is 488. The van der Waals surface area contributed by atoms with Gasteiger partial charge in [-0.05, 0) is 24.1 Å². The molecule has 1 aromatic carbocycles. The molecule has 1 saturated heterocycles. The summed E-state index contributed by atoms with van der Waals surface area (Å²) < 4.78 is 12.9. The highest BCUT2D eigenvalue weighted by Crippen LogP contribution is 2.32. The molecule has 19 heavy (non-hydrogen) atoms. The van der Waals surface area contributed by atoms with Crippen molar-refractivity contribution in [1.82, 2.24) is 4.90 Å². The predicted octanol–water partition coefficient (Wildman–Crippen LogP) is 1.99. The van der Waals surface area contributed by atoms with Crippen molar-refractivity contribution in [1.29, 1.82) is 0 Å². The summed E-state index contributed by atoms with van der Waals surface area (Å²) in [6.07, 6.45) is -0.792. The standard InChI is InChI=1S/C13H14FNO4/c14-9-3-1-8(2-4-9)11-7-15(13(18)19)6-5-10(11)12(16)17/h1-4,10-11H,5-7H2,(H,16,17)(H,18,19). The molecule has 0 bridgehead atoms. The summed E-state index contributed by atoms with van der Waals surface area (Å²) in [5.74, 6) is -2.43. The van der Waals surface area contributed by atoms with Crippen molar-refractivity contribution in [3.05, 3.63) is 35.6 Å². The molecular weight excluding hydrogens is 253 g/mol. The van der Waals surface area contributed by atoms with Gasteiger partial charge in [0, 0.05) is 19.0 Å². The topological polar surface area (TPSA) is 77.8 Å². The highest BCUT2D eigenvalue weighted by atomic mass is 19.1. The molecule has 5 nitrogen and oxygen atoms in total. The molecule has 1 heterocycles. The van der Waals surface area contributed by atoms with Crippen molar-refractivity contribution in [2.24, 2.45) is 5.92 Å². The summed E-state index contributed by atoms with van der Waals surface area (Å²) in [4.78, 5) is 23.4. The average molecular weight is 267 g/mol. The lowest BCUT2D eigenvalue weighted by molar-refractivity contribution is -0.144. The molecule has 1 amide bonds. The Morgan fingerprint density at radius 1 is 1.21 bits per heavy atom. The zero-order valence-electron chi connectivity index (χ0n) is 10.1. The van der Waals surface area contributed by atoms with Crippen LogP contribution in [0.2, 0.25) is 0 Å². The van der Waals surface area contributed by atoms with Crippen LogP contribution in [0.5, 0.6) is 0 Å². The maximum atomic E-state index is 12.9. The number of rotatable bonds is 2. The first-order valence-electron chi connectivity index (χ1n) is 5.95. The minimum absolute atomic E-state index is 0.123. The van der Waals surface area contributed by atoms with Crippen molar-refractivity contribution in [3.63, 3.8) is 0 Å². The molecular formula is C13H14FNO4. The van der Waals surface area contributed by atoms with Gasteiger partial charge in [-0.2, -0.15) is 0 Å². The van der Waals surface area contributed by atoms with Gasteiger partial charge in [-0.3, -0.25) is 4.79 Å². The van der Waals surface area contributed by atoms with E-state index in [1.165, 1.54) is 29.2 Å². The third-order valence-corrected chi connectivity index (χ3v) is 3.50. The van der Waals surface area contributed by atoms with Crippen LogP contribution in [0.25, 0.3) is 0 Å². The van der Waals surface area contributed by atoms with Crippen LogP contribution in [0, 0.1) is 11.7 Å². The van der Waals surface area contributed by atoms with Gasteiger partial charge in [-0.1, -0.05) is 12.1 Å². The molecule has 0 spiro atoms. The average Bonchev–Trinajstić information content (AvgIpc) is 2.38. The normalized spacial score (nSPS) is 23.1. The number of nitrogens with zero attached hydrogens (tertiary/aromatic N) is 1. The van der Waals surface area contributed by atoms with Gasteiger partial charge in [-0.15, -0.1) is 0 Å². The third-order valence-electron chi connectivity index (χ3n) is 3.50. The lowest BCUT2D eigenvalue weighted by atomic mass is 9.81. The molecule has 102 valence electrons. The Morgan fingerprint density at radius 2 is 1.84 bits per heavy atom. The molecule has 1 aromatic rings. The quantitative estimate of drug-likeness (QED) is 0.859. The Hall–Kier alpha value is -2.11. The van der Waals surface area contributed by atoms with E-state index >= 15 is 0 Å². The second-order valence-corrected chi connectivity index (χ2v) is 4.62. The number of halogens is 1. The molecule has 1 aliphatic heterocycles. The molecule has 1 fully saturated rings. The van der Waals surface area contributed by atoms with Gasteiger partial charge in [0.05, 0.1) is 5.92 Å². The molecule has 0 saturated carbocycles. The summed E-state index contributed by atoms with van der Waals surface area (Å²) in [5, 5.41) is 18.2. The van der Waals surface area contributed by atoms with Crippen molar-refractivity contribution < 1.29 is 24.2 Å². The lowest BCUT2D eigenvalue weighted by Crippen LogP contribution is -2.44. The van der Waals surface area contributed by atoms with Crippen LogP contribution in [-0.2, 0) is 4.79 Å². The predicted molar refractivity (Wildman–Crippen MR) is 64.5 cm³/mol. The van der Waals surface area contributed by atoms with E-state index in [9.17, 15) is 19.1 Å². The van der Waals surface area contributed by atoms with E-state index in [4.69, 9.17) is 5.11 Å². The number of aliphatic carboxylic acids is 1. The SMILES string of the molecule is O=C(O)C1CCN(C(=O)O)CC1c1ccc(F)cc1. The van der Waals surface area contributed by atoms with Crippen LogP contribution in [0.15, 0.2) is 24.3 Å². The van der Waals surface area contributed by atoms with Gasteiger partial charge in [0.25, 0.3) is 0 Å². The van der Waals surface area contributed by atoms with Gasteiger partial charge < -0.3 is 15.1 Å². The van der Waals surface area contributed by atoms with E-state index in [1.54, 1.807) is 0 Å². The van der Waals surface area contributed by atoms with E-state index < -0.39 is 29.7 Å². The Morgan fingerprint density at radius 3 is 2.37 bits per heavy atom. The fourth-order valence-corrected chi connectivity index (χ4v) is 2.47. The smallest absolute Gasteiger partial charge is 0.407 e. The number of carbonyl (C=O) groups is 2. The van der Waals surface area contributed by atoms with Gasteiger partial charge in [-0.25, -0.2) is 9.18 Å². The monoisotopic (exact) mass is 267 g/mol. The second-order valence-electron chi connectivity index (χ2n) is 4.62. The Labute approximate surface area is 109 Å². The van der Waals surface area contributed by atoms with Crippen molar-refractivity contribution >= 4 is 12.1 Å². The van der Waals surface area contributed by atoms with Crippen molar-refractivity contribution in [2.75, 3.05) is 13.1 Å². The number of hydrogen-bond acceptors (Lipinski definition) is 2. The molecule has 2 atom stereocenters. The minimum atomic E-state index is -1.06. The summed E-state index contributed by atoms with van der Waals surface area (Å²) >= 11 is 0. The molecule has 0 aliphatic carbocycles. The minimum Gasteiger partial charge on any atom is -0.481 e. The van der Waals surface area contributed by atoms with Crippen molar-refractivity contribution in [2.45, 2.75) is 12.3 Å². The first-order valence-corrected chi connectivity index (χ1v) is 5.95. The molecule has 0 radical (unpaired) electrons. The Balaban J connectivity index is 2.27. The number of likely N-dealkylation sites (tertiary alicyclic amines) is 1. The molecule has 2 N–H and O–H groups in total. The van der Waals surface area contributed by atoms with Crippen LogP contribution >= 0.6 is 0 Å². The fraction of sp³-hybridized carbons (Fsp3) is 0.385. The van der Waals surface area contributed by atoms with Crippen LogP contribution < -0.4 is 0 Å². The zero-order chi connectivity index (χ0) is 14.0. The first kappa shape index (κ1) is 13.3. The highest BCUT2D eigenvalue weighted by Gasteiger charge is 2.36. The zero-order valence-corrected chi connectivity index (χ0v) is 10.1. The van der Waals surface area contributed by atoms with E-state index in [2.05, 4.69) is 0 Å². The van der Waals surface area contributed by atoms with Crippen LogP contribution in [-0.4, -0.2) is 40.3 Å². The van der Waals surface area contributed by atoms with Gasteiger partial charge in [0.15, 0.2) is 0 Å². The summed E-state index contributed by atoms with van der Waals surface area (Å²) in [6, 6.07) is 5.55.